The van der Waals surface area contributed by atoms with E-state index in [0.717, 1.165) is 43.2 Å². The van der Waals surface area contributed by atoms with Crippen molar-refractivity contribution < 1.29 is 24.2 Å². The highest BCUT2D eigenvalue weighted by molar-refractivity contribution is 5.84. The van der Waals surface area contributed by atoms with Crippen molar-refractivity contribution in [3.05, 3.63) is 59.7 Å². The third-order valence-electron chi connectivity index (χ3n) is 7.45. The normalized spacial score (nSPS) is 18.7. The van der Waals surface area contributed by atoms with Gasteiger partial charge in [0.25, 0.3) is 0 Å². The van der Waals surface area contributed by atoms with Crippen LogP contribution < -0.4 is 10.6 Å². The molecule has 2 fully saturated rings. The van der Waals surface area contributed by atoms with E-state index in [-0.39, 0.29) is 42.7 Å². The van der Waals surface area contributed by atoms with Crippen LogP contribution in [0.2, 0.25) is 0 Å². The molecule has 178 valence electrons. The smallest absolute Gasteiger partial charge is 0.407 e. The van der Waals surface area contributed by atoms with Crippen LogP contribution in [0.4, 0.5) is 4.79 Å². The molecule has 2 atom stereocenters. The minimum Gasteiger partial charge on any atom is -0.480 e. The average Bonchev–Trinajstić information content (AvgIpc) is 3.59. The molecular formula is C27H30N2O5. The summed E-state index contributed by atoms with van der Waals surface area (Å²) >= 11 is 0. The minimum atomic E-state index is -0.995. The van der Waals surface area contributed by atoms with Crippen LogP contribution in [0, 0.1) is 11.8 Å². The van der Waals surface area contributed by atoms with Gasteiger partial charge < -0.3 is 20.5 Å². The number of aliphatic carboxylic acids is 1. The van der Waals surface area contributed by atoms with Crippen LogP contribution in [-0.2, 0) is 14.3 Å². The molecule has 0 heterocycles. The molecule has 3 aliphatic carbocycles. The Balaban J connectivity index is 1.18. The van der Waals surface area contributed by atoms with Gasteiger partial charge >= 0.3 is 12.1 Å². The third-order valence-corrected chi connectivity index (χ3v) is 7.45. The largest absolute Gasteiger partial charge is 0.480 e. The molecule has 5 rings (SSSR count). The molecule has 7 nitrogen and oxygen atoms in total. The molecule has 0 bridgehead atoms. The lowest BCUT2D eigenvalue weighted by Crippen LogP contribution is -2.50. The summed E-state index contributed by atoms with van der Waals surface area (Å²) in [4.78, 5) is 36.8. The minimum absolute atomic E-state index is 0.00378. The Morgan fingerprint density at radius 3 is 2.03 bits per heavy atom. The first-order chi connectivity index (χ1) is 16.5. The zero-order chi connectivity index (χ0) is 23.7. The zero-order valence-corrected chi connectivity index (χ0v) is 19.0. The maximum absolute atomic E-state index is 12.7. The maximum atomic E-state index is 12.7. The molecule has 2 unspecified atom stereocenters. The number of hydrogen-bond acceptors (Lipinski definition) is 4. The van der Waals surface area contributed by atoms with E-state index in [0.29, 0.717) is 0 Å². The van der Waals surface area contributed by atoms with Crippen LogP contribution in [0.1, 0.15) is 55.6 Å². The van der Waals surface area contributed by atoms with Gasteiger partial charge in [0, 0.05) is 18.4 Å². The van der Waals surface area contributed by atoms with E-state index in [9.17, 15) is 19.5 Å². The summed E-state index contributed by atoms with van der Waals surface area (Å²) in [5, 5.41) is 15.0. The van der Waals surface area contributed by atoms with Gasteiger partial charge in [0.2, 0.25) is 5.91 Å². The van der Waals surface area contributed by atoms with Gasteiger partial charge in [-0.1, -0.05) is 55.0 Å². The fraction of sp³-hybridized carbons (Fsp3) is 0.444. The van der Waals surface area contributed by atoms with Gasteiger partial charge in [-0.2, -0.15) is 0 Å². The van der Waals surface area contributed by atoms with Gasteiger partial charge in [-0.05, 0) is 59.8 Å². The van der Waals surface area contributed by atoms with Crippen molar-refractivity contribution in [1.29, 1.82) is 0 Å². The van der Waals surface area contributed by atoms with Gasteiger partial charge in [0.1, 0.15) is 12.6 Å². The summed E-state index contributed by atoms with van der Waals surface area (Å²) in [5.74, 6) is -1.14. The predicted octanol–water partition coefficient (Wildman–Crippen LogP) is 4.06. The van der Waals surface area contributed by atoms with E-state index >= 15 is 0 Å². The van der Waals surface area contributed by atoms with Gasteiger partial charge in [-0.3, -0.25) is 4.79 Å². The second-order valence-corrected chi connectivity index (χ2v) is 9.69. The molecule has 2 amide bonds. The number of fused-ring (bicyclic) bond motifs is 3. The van der Waals surface area contributed by atoms with Crippen LogP contribution >= 0.6 is 0 Å². The highest BCUT2D eigenvalue weighted by Gasteiger charge is 2.37. The van der Waals surface area contributed by atoms with E-state index in [4.69, 9.17) is 4.74 Å². The molecule has 0 aromatic heterocycles. The van der Waals surface area contributed by atoms with Crippen molar-refractivity contribution in [1.82, 2.24) is 10.6 Å². The van der Waals surface area contributed by atoms with Gasteiger partial charge in [-0.25, -0.2) is 9.59 Å². The van der Waals surface area contributed by atoms with E-state index in [1.54, 1.807) is 0 Å². The number of rotatable bonds is 9. The fourth-order valence-electron chi connectivity index (χ4n) is 5.21. The van der Waals surface area contributed by atoms with Crippen molar-refractivity contribution in [2.75, 3.05) is 6.61 Å². The van der Waals surface area contributed by atoms with Gasteiger partial charge in [0.15, 0.2) is 0 Å². The van der Waals surface area contributed by atoms with Crippen molar-refractivity contribution in [2.24, 2.45) is 11.8 Å². The number of carboxylic acid groups (broad SMARTS) is 1. The highest BCUT2D eigenvalue weighted by Crippen LogP contribution is 2.44. The number of benzene rings is 2. The third kappa shape index (κ3) is 4.65. The summed E-state index contributed by atoms with van der Waals surface area (Å²) in [7, 11) is 0. The second-order valence-electron chi connectivity index (χ2n) is 9.69. The Morgan fingerprint density at radius 2 is 1.50 bits per heavy atom. The number of nitrogens with one attached hydrogen (secondary N) is 2. The Bertz CT molecular complexity index is 1050. The molecule has 3 N–H and O–H groups in total. The summed E-state index contributed by atoms with van der Waals surface area (Å²) < 4.78 is 5.64. The summed E-state index contributed by atoms with van der Waals surface area (Å²) in [6.07, 6.45) is 4.03. The van der Waals surface area contributed by atoms with E-state index in [1.165, 1.54) is 11.1 Å². The molecule has 0 radical (unpaired) electrons. The Labute approximate surface area is 198 Å². The molecule has 2 aromatic rings. The Morgan fingerprint density at radius 1 is 0.882 bits per heavy atom. The second kappa shape index (κ2) is 9.49. The highest BCUT2D eigenvalue weighted by atomic mass is 16.5. The number of hydrogen-bond donors (Lipinski definition) is 3. The maximum Gasteiger partial charge on any atom is 0.407 e. The lowest BCUT2D eigenvalue weighted by Gasteiger charge is -2.31. The van der Waals surface area contributed by atoms with Crippen LogP contribution in [0.15, 0.2) is 48.5 Å². The van der Waals surface area contributed by atoms with E-state index in [1.807, 2.05) is 24.3 Å². The lowest BCUT2D eigenvalue weighted by atomic mass is 9.79. The first-order valence-corrected chi connectivity index (χ1v) is 12.1. The number of carboxylic acids is 1. The number of carbonyl (C=O) groups excluding carboxylic acids is 2. The number of alkyl carbamates (subject to hydrolysis) is 1. The first-order valence-electron chi connectivity index (χ1n) is 12.1. The van der Waals surface area contributed by atoms with Crippen molar-refractivity contribution in [3.8, 4) is 11.1 Å². The molecule has 2 aromatic carbocycles. The number of ether oxygens (including phenoxy) is 1. The van der Waals surface area contributed by atoms with E-state index < -0.39 is 18.1 Å². The summed E-state index contributed by atoms with van der Waals surface area (Å²) in [6, 6.07) is 15.1. The first kappa shape index (κ1) is 22.4. The molecular weight excluding hydrogens is 432 g/mol. The fourth-order valence-corrected chi connectivity index (χ4v) is 5.21. The van der Waals surface area contributed by atoms with Crippen molar-refractivity contribution in [2.45, 2.75) is 56.5 Å². The summed E-state index contributed by atoms with van der Waals surface area (Å²) in [6.45, 7) is 0.214. The monoisotopic (exact) mass is 462 g/mol. The Hall–Kier alpha value is -3.35. The van der Waals surface area contributed by atoms with Crippen molar-refractivity contribution in [3.63, 3.8) is 0 Å². The zero-order valence-electron chi connectivity index (χ0n) is 19.0. The van der Waals surface area contributed by atoms with E-state index in [2.05, 4.69) is 34.9 Å². The molecule has 0 aliphatic heterocycles. The quantitative estimate of drug-likeness (QED) is 0.521. The average molecular weight is 463 g/mol. The molecule has 0 saturated heterocycles. The molecule has 7 heteroatoms. The number of carbonyl (C=O) groups is 3. The van der Waals surface area contributed by atoms with Crippen molar-refractivity contribution >= 4 is 18.0 Å². The number of amides is 2. The summed E-state index contributed by atoms with van der Waals surface area (Å²) in [5.41, 5.74) is 4.62. The SMILES string of the molecule is O=C(CC(NC(=O)OCC1c2ccccc2-c2ccccc21)C1CC1)NC(C(=O)O)C1CCC1. The van der Waals surface area contributed by atoms with Crippen LogP contribution in [0.5, 0.6) is 0 Å². The molecule has 34 heavy (non-hydrogen) atoms. The standard InChI is InChI=1S/C27H30N2O5/c30-24(29-25(26(31)32)17-6-5-7-17)14-23(16-12-13-16)28-27(33)34-15-22-20-10-3-1-8-18(20)19-9-2-4-11-21(19)22/h1-4,8-11,16-17,22-23,25H,5-7,12-15H2,(H,28,33)(H,29,30)(H,31,32). The van der Waals surface area contributed by atoms with Crippen LogP contribution in [-0.4, -0.2) is 41.8 Å². The predicted molar refractivity (Wildman–Crippen MR) is 126 cm³/mol. The molecule has 0 spiro atoms. The lowest BCUT2D eigenvalue weighted by molar-refractivity contribution is -0.144. The topological polar surface area (TPSA) is 105 Å². The van der Waals surface area contributed by atoms with Crippen LogP contribution in [0.25, 0.3) is 11.1 Å². The van der Waals surface area contributed by atoms with Gasteiger partial charge in [0.05, 0.1) is 0 Å². The molecule has 2 saturated carbocycles. The Kier molecular flexibility index (Phi) is 6.26. The molecule has 3 aliphatic rings. The van der Waals surface area contributed by atoms with Crippen LogP contribution in [0.3, 0.4) is 0 Å². The van der Waals surface area contributed by atoms with Gasteiger partial charge in [-0.15, -0.1) is 0 Å².